The van der Waals surface area contributed by atoms with Gasteiger partial charge in [-0.2, -0.15) is 0 Å². The van der Waals surface area contributed by atoms with Crippen LogP contribution in [0.3, 0.4) is 0 Å². The minimum absolute atomic E-state index is 0.134. The number of thioether (sulfide) groups is 1. The molecule has 4 saturated heterocycles. The minimum atomic E-state index is -0.222. The van der Waals surface area contributed by atoms with Gasteiger partial charge in [-0.05, 0) is 38.8 Å². The lowest BCUT2D eigenvalue weighted by Gasteiger charge is -2.36. The summed E-state index contributed by atoms with van der Waals surface area (Å²) in [6.45, 7) is 5.92. The molecule has 4 aliphatic heterocycles. The highest BCUT2D eigenvalue weighted by molar-refractivity contribution is 8.00. The van der Waals surface area contributed by atoms with Crippen LogP contribution in [0.25, 0.3) is 0 Å². The second kappa shape index (κ2) is 7.69. The van der Waals surface area contributed by atoms with Gasteiger partial charge in [-0.1, -0.05) is 17.7 Å². The second-order valence-corrected chi connectivity index (χ2v) is 10.2. The average Bonchev–Trinajstić information content (AvgIpc) is 3.08. The second-order valence-electron chi connectivity index (χ2n) is 8.45. The van der Waals surface area contributed by atoms with Crippen LogP contribution in [0.2, 0.25) is 5.02 Å². The van der Waals surface area contributed by atoms with Crippen molar-refractivity contribution in [3.63, 3.8) is 0 Å². The van der Waals surface area contributed by atoms with Gasteiger partial charge in [0.25, 0.3) is 0 Å². The molecule has 3 N–H and O–H groups in total. The third-order valence-electron chi connectivity index (χ3n) is 6.82. The van der Waals surface area contributed by atoms with Crippen LogP contribution in [0, 0.1) is 17.7 Å². The molecule has 4 heterocycles. The van der Waals surface area contributed by atoms with Crippen molar-refractivity contribution >= 4 is 23.4 Å². The zero-order valence-corrected chi connectivity index (χ0v) is 17.8. The van der Waals surface area contributed by atoms with Crippen LogP contribution in [0.15, 0.2) is 18.2 Å². The Morgan fingerprint density at radius 3 is 2.96 bits per heavy atom. The standard InChI is InChI=1S/C20H28ClFN4OS/c1-10-19-25-24-11(2)26(19)20-16(12-9-27-8-4-7-15(12)28-20)18(23-10)17-13(21)5-3-6-14(17)22/h3,5-6,10-12,15-16,18-20,23-25H,4,7-9H2,1-2H3/t10-,11?,12?,15?,16?,18?,19?,20?/m0/s1. The van der Waals surface area contributed by atoms with Crippen molar-refractivity contribution in [2.24, 2.45) is 11.8 Å². The molecule has 0 spiro atoms. The molecule has 0 amide bonds. The molecule has 154 valence electrons. The van der Waals surface area contributed by atoms with E-state index in [1.54, 1.807) is 12.1 Å². The first kappa shape index (κ1) is 19.5. The number of halogens is 2. The molecule has 0 aliphatic carbocycles. The van der Waals surface area contributed by atoms with E-state index >= 15 is 4.39 Å². The molecule has 0 radical (unpaired) electrons. The Bertz CT molecular complexity index is 722. The van der Waals surface area contributed by atoms with Gasteiger partial charge < -0.3 is 10.1 Å². The summed E-state index contributed by atoms with van der Waals surface area (Å²) in [5.41, 5.74) is 7.45. The lowest BCUT2D eigenvalue weighted by atomic mass is 9.80. The lowest BCUT2D eigenvalue weighted by Crippen LogP contribution is -2.51. The Balaban J connectivity index is 1.62. The van der Waals surface area contributed by atoms with Gasteiger partial charge in [-0.15, -0.1) is 11.8 Å². The summed E-state index contributed by atoms with van der Waals surface area (Å²) in [4.78, 5) is 2.54. The molecule has 0 saturated carbocycles. The van der Waals surface area contributed by atoms with Crippen molar-refractivity contribution in [3.05, 3.63) is 34.6 Å². The molecular weight excluding hydrogens is 399 g/mol. The summed E-state index contributed by atoms with van der Waals surface area (Å²) in [6.07, 6.45) is 2.61. The van der Waals surface area contributed by atoms with Crippen LogP contribution >= 0.6 is 23.4 Å². The quantitative estimate of drug-likeness (QED) is 0.641. The summed E-state index contributed by atoms with van der Waals surface area (Å²) in [5, 5.41) is 5.07. The number of hydrazine groups is 1. The summed E-state index contributed by atoms with van der Waals surface area (Å²) in [6, 6.07) is 5.01. The van der Waals surface area contributed by atoms with Gasteiger partial charge in [0.15, 0.2) is 0 Å². The third kappa shape index (κ3) is 3.11. The number of fused-ring (bicyclic) bond motifs is 5. The highest BCUT2D eigenvalue weighted by Gasteiger charge is 2.56. The number of nitrogens with zero attached hydrogens (tertiary/aromatic N) is 1. The van der Waals surface area contributed by atoms with E-state index in [4.69, 9.17) is 16.3 Å². The van der Waals surface area contributed by atoms with E-state index < -0.39 is 0 Å². The van der Waals surface area contributed by atoms with E-state index in [1.165, 1.54) is 6.07 Å². The highest BCUT2D eigenvalue weighted by atomic mass is 35.5. The molecule has 8 atom stereocenters. The Labute approximate surface area is 175 Å². The SMILES string of the molecule is CC1NNC2[C@H](C)NC(c3c(F)cccc3Cl)C3C4COCCCC4SC3N12. The van der Waals surface area contributed by atoms with E-state index in [0.29, 0.717) is 21.8 Å². The molecule has 8 heteroatoms. The van der Waals surface area contributed by atoms with Crippen LogP contribution in [0.4, 0.5) is 4.39 Å². The molecule has 0 bridgehead atoms. The van der Waals surface area contributed by atoms with E-state index in [0.717, 1.165) is 26.1 Å². The van der Waals surface area contributed by atoms with Crippen LogP contribution in [-0.2, 0) is 4.74 Å². The Kier molecular flexibility index (Phi) is 5.37. The van der Waals surface area contributed by atoms with Gasteiger partial charge in [0.2, 0.25) is 0 Å². The lowest BCUT2D eigenvalue weighted by molar-refractivity contribution is 0.0686. The summed E-state index contributed by atoms with van der Waals surface area (Å²) < 4.78 is 21.0. The van der Waals surface area contributed by atoms with Gasteiger partial charge in [-0.25, -0.2) is 15.2 Å². The maximum absolute atomic E-state index is 15.0. The normalized spacial score (nSPS) is 43.7. The van der Waals surface area contributed by atoms with Gasteiger partial charge in [0, 0.05) is 46.4 Å². The van der Waals surface area contributed by atoms with Gasteiger partial charge in [0.1, 0.15) is 5.82 Å². The molecule has 4 aliphatic rings. The molecule has 5 rings (SSSR count). The largest absolute Gasteiger partial charge is 0.381 e. The van der Waals surface area contributed by atoms with Crippen molar-refractivity contribution in [1.29, 1.82) is 0 Å². The smallest absolute Gasteiger partial charge is 0.129 e. The first-order valence-electron chi connectivity index (χ1n) is 10.3. The Hall–Kier alpha value is -0.410. The number of benzene rings is 1. The van der Waals surface area contributed by atoms with Crippen LogP contribution in [-0.4, -0.2) is 47.1 Å². The molecule has 5 nitrogen and oxygen atoms in total. The Morgan fingerprint density at radius 1 is 1.29 bits per heavy atom. The summed E-state index contributed by atoms with van der Waals surface area (Å²) >= 11 is 8.61. The van der Waals surface area contributed by atoms with Crippen molar-refractivity contribution in [2.45, 2.75) is 61.7 Å². The summed E-state index contributed by atoms with van der Waals surface area (Å²) in [7, 11) is 0. The minimum Gasteiger partial charge on any atom is -0.381 e. The first-order chi connectivity index (χ1) is 13.6. The fraction of sp³-hybridized carbons (Fsp3) is 0.700. The van der Waals surface area contributed by atoms with Crippen LogP contribution in [0.1, 0.15) is 38.3 Å². The average molecular weight is 427 g/mol. The molecule has 0 aromatic heterocycles. The highest BCUT2D eigenvalue weighted by Crippen LogP contribution is 2.55. The fourth-order valence-electron chi connectivity index (χ4n) is 5.54. The number of ether oxygens (including phenoxy) is 1. The maximum atomic E-state index is 15.0. The van der Waals surface area contributed by atoms with E-state index in [1.807, 2.05) is 0 Å². The molecular formula is C20H28ClFN4OS. The number of nitrogens with one attached hydrogen (secondary N) is 3. The molecule has 1 aromatic carbocycles. The molecule has 1 aromatic rings. The van der Waals surface area contributed by atoms with Gasteiger partial charge >= 0.3 is 0 Å². The number of rotatable bonds is 1. The first-order valence-corrected chi connectivity index (χ1v) is 11.6. The van der Waals surface area contributed by atoms with Gasteiger partial charge in [-0.3, -0.25) is 4.90 Å². The van der Waals surface area contributed by atoms with Crippen molar-refractivity contribution in [2.75, 3.05) is 13.2 Å². The van der Waals surface area contributed by atoms with Crippen LogP contribution in [0.5, 0.6) is 0 Å². The molecule has 7 unspecified atom stereocenters. The maximum Gasteiger partial charge on any atom is 0.129 e. The van der Waals surface area contributed by atoms with E-state index in [9.17, 15) is 0 Å². The van der Waals surface area contributed by atoms with Gasteiger partial charge in [0.05, 0.1) is 24.3 Å². The van der Waals surface area contributed by atoms with E-state index in [2.05, 4.69) is 46.7 Å². The van der Waals surface area contributed by atoms with Crippen molar-refractivity contribution in [3.8, 4) is 0 Å². The monoisotopic (exact) mass is 426 g/mol. The summed E-state index contributed by atoms with van der Waals surface area (Å²) in [5.74, 6) is 0.378. The zero-order chi connectivity index (χ0) is 19.4. The number of hydrogen-bond acceptors (Lipinski definition) is 6. The predicted molar refractivity (Wildman–Crippen MR) is 110 cm³/mol. The van der Waals surface area contributed by atoms with E-state index in [-0.39, 0.29) is 41.5 Å². The van der Waals surface area contributed by atoms with Crippen molar-refractivity contribution in [1.82, 2.24) is 21.1 Å². The van der Waals surface area contributed by atoms with Crippen LogP contribution < -0.4 is 16.2 Å². The van der Waals surface area contributed by atoms with Crippen molar-refractivity contribution < 1.29 is 9.13 Å². The predicted octanol–water partition coefficient (Wildman–Crippen LogP) is 3.08. The zero-order valence-electron chi connectivity index (χ0n) is 16.2. The molecule has 4 fully saturated rings. The Morgan fingerprint density at radius 2 is 2.14 bits per heavy atom. The number of hydrogen-bond donors (Lipinski definition) is 3. The molecule has 28 heavy (non-hydrogen) atoms. The fourth-order valence-corrected chi connectivity index (χ4v) is 7.94. The third-order valence-corrected chi connectivity index (χ3v) is 8.92. The topological polar surface area (TPSA) is 48.6 Å².